The zero-order chi connectivity index (χ0) is 19.6. The molecule has 0 aliphatic heterocycles. The van der Waals surface area contributed by atoms with Crippen molar-refractivity contribution in [2.75, 3.05) is 24.4 Å². The van der Waals surface area contributed by atoms with Gasteiger partial charge in [-0.1, -0.05) is 31.2 Å². The summed E-state index contributed by atoms with van der Waals surface area (Å²) in [5.74, 6) is 0.700. The minimum Gasteiger partial charge on any atom is -0.496 e. The van der Waals surface area contributed by atoms with E-state index in [2.05, 4.69) is 17.6 Å². The molecule has 0 aliphatic carbocycles. The zero-order valence-electron chi connectivity index (χ0n) is 16.0. The first-order chi connectivity index (χ1) is 13.1. The Hall–Kier alpha value is -2.47. The number of hydrogen-bond donors (Lipinski definition) is 2. The van der Waals surface area contributed by atoms with Crippen LogP contribution in [0.25, 0.3) is 0 Å². The lowest BCUT2D eigenvalue weighted by Gasteiger charge is -2.19. The Kier molecular flexibility index (Phi) is 8.20. The van der Waals surface area contributed by atoms with Gasteiger partial charge in [-0.3, -0.25) is 9.59 Å². The van der Waals surface area contributed by atoms with Crippen LogP contribution in [0.1, 0.15) is 29.3 Å². The van der Waals surface area contributed by atoms with Crippen LogP contribution in [0.4, 0.5) is 5.69 Å². The number of carbonyl (C=O) groups excluding carboxylic acids is 2. The minimum atomic E-state index is -0.625. The molecule has 0 spiro atoms. The van der Waals surface area contributed by atoms with Crippen molar-refractivity contribution in [3.63, 3.8) is 0 Å². The van der Waals surface area contributed by atoms with E-state index in [1.54, 1.807) is 36.0 Å². The second kappa shape index (κ2) is 10.6. The fourth-order valence-corrected chi connectivity index (χ4v) is 3.14. The number of ether oxygens (including phenoxy) is 1. The molecule has 0 saturated carbocycles. The van der Waals surface area contributed by atoms with E-state index in [1.807, 2.05) is 30.5 Å². The highest BCUT2D eigenvalue weighted by atomic mass is 32.2. The average Bonchev–Trinajstić information content (AvgIpc) is 2.70. The standard InChI is InChI=1S/C21H26N2O3S/c1-4-15-8-7-9-16(14-15)22-21(25)18(12-13-27-3)23-20(24)17-10-5-6-11-19(17)26-2/h5-11,14,18H,4,12-13H2,1-3H3,(H,22,25)(H,23,24). The first kappa shape index (κ1) is 20.8. The molecule has 2 aromatic carbocycles. The van der Waals surface area contributed by atoms with Crippen LogP contribution in [-0.2, 0) is 11.2 Å². The Morgan fingerprint density at radius 2 is 1.93 bits per heavy atom. The van der Waals surface area contributed by atoms with Gasteiger partial charge in [0.05, 0.1) is 12.7 Å². The molecule has 0 bridgehead atoms. The number of rotatable bonds is 9. The van der Waals surface area contributed by atoms with Crippen molar-refractivity contribution in [2.24, 2.45) is 0 Å². The summed E-state index contributed by atoms with van der Waals surface area (Å²) in [6, 6.07) is 14.1. The van der Waals surface area contributed by atoms with Crippen LogP contribution in [-0.4, -0.2) is 37.0 Å². The van der Waals surface area contributed by atoms with E-state index >= 15 is 0 Å². The number of benzene rings is 2. The Morgan fingerprint density at radius 1 is 1.15 bits per heavy atom. The van der Waals surface area contributed by atoms with Gasteiger partial charge in [0.2, 0.25) is 5.91 Å². The molecule has 0 radical (unpaired) electrons. The van der Waals surface area contributed by atoms with Gasteiger partial charge in [-0.25, -0.2) is 0 Å². The molecule has 0 heterocycles. The number of thioether (sulfide) groups is 1. The van der Waals surface area contributed by atoms with Crippen LogP contribution in [0.5, 0.6) is 5.75 Å². The van der Waals surface area contributed by atoms with Gasteiger partial charge in [-0.05, 0) is 54.7 Å². The number of carbonyl (C=O) groups is 2. The van der Waals surface area contributed by atoms with Crippen molar-refractivity contribution >= 4 is 29.3 Å². The average molecular weight is 387 g/mol. The van der Waals surface area contributed by atoms with Crippen LogP contribution < -0.4 is 15.4 Å². The number of nitrogens with one attached hydrogen (secondary N) is 2. The van der Waals surface area contributed by atoms with E-state index in [1.165, 1.54) is 7.11 Å². The molecule has 2 aromatic rings. The van der Waals surface area contributed by atoms with Crippen LogP contribution in [0.15, 0.2) is 48.5 Å². The lowest BCUT2D eigenvalue weighted by Crippen LogP contribution is -2.44. The number of aryl methyl sites for hydroxylation is 1. The van der Waals surface area contributed by atoms with Crippen LogP contribution in [0.3, 0.4) is 0 Å². The Labute approximate surface area is 164 Å². The van der Waals surface area contributed by atoms with Gasteiger partial charge in [-0.15, -0.1) is 0 Å². The summed E-state index contributed by atoms with van der Waals surface area (Å²) in [6.07, 6.45) is 3.41. The first-order valence-electron chi connectivity index (χ1n) is 8.91. The lowest BCUT2D eigenvalue weighted by atomic mass is 10.1. The molecule has 27 heavy (non-hydrogen) atoms. The normalized spacial score (nSPS) is 11.5. The predicted octanol–water partition coefficient (Wildman–Crippen LogP) is 3.75. The summed E-state index contributed by atoms with van der Waals surface area (Å²) >= 11 is 1.63. The third kappa shape index (κ3) is 6.03. The molecule has 2 rings (SSSR count). The molecule has 6 heteroatoms. The minimum absolute atomic E-state index is 0.222. The summed E-state index contributed by atoms with van der Waals surface area (Å²) in [7, 11) is 1.52. The predicted molar refractivity (Wildman–Crippen MR) is 112 cm³/mol. The van der Waals surface area contributed by atoms with E-state index in [0.717, 1.165) is 23.4 Å². The van der Waals surface area contributed by atoms with Crippen molar-refractivity contribution < 1.29 is 14.3 Å². The van der Waals surface area contributed by atoms with Gasteiger partial charge >= 0.3 is 0 Å². The summed E-state index contributed by atoms with van der Waals surface area (Å²) < 4.78 is 5.25. The van der Waals surface area contributed by atoms with Crippen LogP contribution in [0.2, 0.25) is 0 Å². The van der Waals surface area contributed by atoms with Crippen molar-refractivity contribution in [2.45, 2.75) is 25.8 Å². The topological polar surface area (TPSA) is 67.4 Å². The molecule has 1 unspecified atom stereocenters. The number of anilines is 1. The fourth-order valence-electron chi connectivity index (χ4n) is 2.67. The molecule has 144 valence electrons. The maximum atomic E-state index is 12.8. The van der Waals surface area contributed by atoms with Crippen molar-refractivity contribution in [3.05, 3.63) is 59.7 Å². The third-order valence-corrected chi connectivity index (χ3v) is 4.83. The number of hydrogen-bond acceptors (Lipinski definition) is 4. The van der Waals surface area contributed by atoms with Crippen LogP contribution >= 0.6 is 11.8 Å². The number of methoxy groups -OCH3 is 1. The zero-order valence-corrected chi connectivity index (χ0v) is 16.8. The van der Waals surface area contributed by atoms with Gasteiger partial charge in [0.1, 0.15) is 11.8 Å². The van der Waals surface area contributed by atoms with Gasteiger partial charge < -0.3 is 15.4 Å². The van der Waals surface area contributed by atoms with Gasteiger partial charge in [0.25, 0.3) is 5.91 Å². The van der Waals surface area contributed by atoms with E-state index < -0.39 is 6.04 Å². The fraction of sp³-hybridized carbons (Fsp3) is 0.333. The Morgan fingerprint density at radius 3 is 2.63 bits per heavy atom. The van der Waals surface area contributed by atoms with Crippen molar-refractivity contribution in [1.82, 2.24) is 5.32 Å². The lowest BCUT2D eigenvalue weighted by molar-refractivity contribution is -0.118. The maximum Gasteiger partial charge on any atom is 0.255 e. The first-order valence-corrected chi connectivity index (χ1v) is 10.3. The number of para-hydroxylation sites is 1. The van der Waals surface area contributed by atoms with E-state index in [0.29, 0.717) is 17.7 Å². The highest BCUT2D eigenvalue weighted by Gasteiger charge is 2.22. The Bertz CT molecular complexity index is 780. The molecule has 2 N–H and O–H groups in total. The maximum absolute atomic E-state index is 12.8. The third-order valence-electron chi connectivity index (χ3n) is 4.19. The highest BCUT2D eigenvalue weighted by molar-refractivity contribution is 7.98. The molecular formula is C21H26N2O3S. The molecule has 0 aromatic heterocycles. The molecule has 0 aliphatic rings. The molecule has 0 saturated heterocycles. The largest absolute Gasteiger partial charge is 0.496 e. The SMILES string of the molecule is CCc1cccc(NC(=O)C(CCSC)NC(=O)c2ccccc2OC)c1. The summed E-state index contributed by atoms with van der Waals surface area (Å²) in [4.78, 5) is 25.5. The second-order valence-corrected chi connectivity index (χ2v) is 7.04. The van der Waals surface area contributed by atoms with E-state index in [-0.39, 0.29) is 11.8 Å². The van der Waals surface area contributed by atoms with Gasteiger partial charge in [0, 0.05) is 5.69 Å². The smallest absolute Gasteiger partial charge is 0.255 e. The molecule has 5 nitrogen and oxygen atoms in total. The van der Waals surface area contributed by atoms with Crippen molar-refractivity contribution in [3.8, 4) is 5.75 Å². The summed E-state index contributed by atoms with van der Waals surface area (Å²) in [6.45, 7) is 2.07. The monoisotopic (exact) mass is 386 g/mol. The molecule has 2 amide bonds. The summed E-state index contributed by atoms with van der Waals surface area (Å²) in [5.41, 5.74) is 2.29. The van der Waals surface area contributed by atoms with Gasteiger partial charge in [-0.2, -0.15) is 11.8 Å². The molecule has 1 atom stereocenters. The van der Waals surface area contributed by atoms with E-state index in [9.17, 15) is 9.59 Å². The molecular weight excluding hydrogens is 360 g/mol. The van der Waals surface area contributed by atoms with Gasteiger partial charge in [0.15, 0.2) is 0 Å². The summed E-state index contributed by atoms with van der Waals surface area (Å²) in [5, 5.41) is 5.76. The van der Waals surface area contributed by atoms with Crippen LogP contribution in [0, 0.1) is 0 Å². The quantitative estimate of drug-likeness (QED) is 0.689. The van der Waals surface area contributed by atoms with E-state index in [4.69, 9.17) is 4.74 Å². The Balaban J connectivity index is 2.13. The number of amides is 2. The van der Waals surface area contributed by atoms with Crippen molar-refractivity contribution in [1.29, 1.82) is 0 Å². The molecule has 0 fully saturated rings. The highest BCUT2D eigenvalue weighted by Crippen LogP contribution is 2.18. The second-order valence-electron chi connectivity index (χ2n) is 6.05.